The Labute approximate surface area is 198 Å². The molecule has 3 rings (SSSR count). The standard InChI is InChI=1S/C24H32N4O6/c1-15(2)11-17-22(31)27(13-20(29)25-17)14-21(30)26-18(12-16-7-4-3-5-8-16)23(32)28-10-6-9-19(28)24(33)34/h3-5,7-8,15,17-19H,6,9-14H2,1-2H3,(H,25,29)(H,26,30)(H,33,34)/t17-,18-,19-/m0/s1. The highest BCUT2D eigenvalue weighted by molar-refractivity contribution is 5.98. The summed E-state index contributed by atoms with van der Waals surface area (Å²) >= 11 is 0. The Kier molecular flexibility index (Phi) is 8.25. The number of carboxylic acid groups (broad SMARTS) is 1. The largest absolute Gasteiger partial charge is 0.480 e. The van der Waals surface area contributed by atoms with Crippen molar-refractivity contribution in [2.75, 3.05) is 19.6 Å². The second-order valence-electron chi connectivity index (χ2n) is 9.28. The van der Waals surface area contributed by atoms with E-state index in [2.05, 4.69) is 10.6 Å². The van der Waals surface area contributed by atoms with Crippen molar-refractivity contribution in [3.63, 3.8) is 0 Å². The molecule has 1 aromatic rings. The molecule has 3 N–H and O–H groups in total. The number of aliphatic carboxylic acids is 1. The summed E-state index contributed by atoms with van der Waals surface area (Å²) in [5, 5.41) is 14.8. The summed E-state index contributed by atoms with van der Waals surface area (Å²) in [6.45, 7) is 3.59. The Morgan fingerprint density at radius 3 is 2.53 bits per heavy atom. The highest BCUT2D eigenvalue weighted by Gasteiger charge is 2.38. The molecule has 10 nitrogen and oxygen atoms in total. The van der Waals surface area contributed by atoms with Crippen LogP contribution in [0.25, 0.3) is 0 Å². The van der Waals surface area contributed by atoms with Gasteiger partial charge in [0.15, 0.2) is 0 Å². The Morgan fingerprint density at radius 1 is 1.18 bits per heavy atom. The maximum Gasteiger partial charge on any atom is 0.326 e. The van der Waals surface area contributed by atoms with Crippen molar-refractivity contribution in [2.45, 2.75) is 57.7 Å². The average Bonchev–Trinajstić information content (AvgIpc) is 3.26. The number of rotatable bonds is 9. The molecule has 0 bridgehead atoms. The highest BCUT2D eigenvalue weighted by Crippen LogP contribution is 2.20. The lowest BCUT2D eigenvalue weighted by molar-refractivity contribution is -0.150. The molecular weight excluding hydrogens is 440 g/mol. The van der Waals surface area contributed by atoms with Gasteiger partial charge in [0.2, 0.25) is 23.6 Å². The zero-order chi connectivity index (χ0) is 24.8. The Bertz CT molecular complexity index is 935. The van der Waals surface area contributed by atoms with Crippen molar-refractivity contribution in [2.24, 2.45) is 5.92 Å². The second-order valence-corrected chi connectivity index (χ2v) is 9.28. The molecule has 4 amide bonds. The second kappa shape index (κ2) is 11.1. The number of carbonyl (C=O) groups is 5. The predicted octanol–water partition coefficient (Wildman–Crippen LogP) is 0.163. The summed E-state index contributed by atoms with van der Waals surface area (Å²) in [6, 6.07) is 6.50. The molecule has 34 heavy (non-hydrogen) atoms. The van der Waals surface area contributed by atoms with E-state index in [9.17, 15) is 29.1 Å². The quantitative estimate of drug-likeness (QED) is 0.469. The molecule has 2 fully saturated rings. The van der Waals surface area contributed by atoms with E-state index in [0.29, 0.717) is 25.8 Å². The Morgan fingerprint density at radius 2 is 1.88 bits per heavy atom. The van der Waals surface area contributed by atoms with Gasteiger partial charge >= 0.3 is 5.97 Å². The van der Waals surface area contributed by atoms with Crippen molar-refractivity contribution in [1.29, 1.82) is 0 Å². The number of benzene rings is 1. The molecule has 2 aliphatic rings. The van der Waals surface area contributed by atoms with Crippen molar-refractivity contribution in [3.05, 3.63) is 35.9 Å². The van der Waals surface area contributed by atoms with Crippen LogP contribution in [0, 0.1) is 5.92 Å². The van der Waals surface area contributed by atoms with E-state index in [1.807, 2.05) is 44.2 Å². The van der Waals surface area contributed by atoms with Gasteiger partial charge in [-0.2, -0.15) is 0 Å². The zero-order valence-electron chi connectivity index (χ0n) is 19.5. The fourth-order valence-corrected chi connectivity index (χ4v) is 4.49. The van der Waals surface area contributed by atoms with Crippen LogP contribution in [0.2, 0.25) is 0 Å². The van der Waals surface area contributed by atoms with Crippen molar-refractivity contribution < 1.29 is 29.1 Å². The van der Waals surface area contributed by atoms with Crippen LogP contribution in [0.15, 0.2) is 30.3 Å². The van der Waals surface area contributed by atoms with E-state index in [4.69, 9.17) is 0 Å². The van der Waals surface area contributed by atoms with Crippen LogP contribution in [0.1, 0.15) is 38.7 Å². The van der Waals surface area contributed by atoms with Gasteiger partial charge in [-0.05, 0) is 30.7 Å². The van der Waals surface area contributed by atoms with Gasteiger partial charge in [-0.25, -0.2) is 4.79 Å². The fourth-order valence-electron chi connectivity index (χ4n) is 4.49. The summed E-state index contributed by atoms with van der Waals surface area (Å²) in [4.78, 5) is 65.1. The third-order valence-corrected chi connectivity index (χ3v) is 6.06. The van der Waals surface area contributed by atoms with Crippen LogP contribution in [-0.2, 0) is 30.4 Å². The molecule has 10 heteroatoms. The van der Waals surface area contributed by atoms with Gasteiger partial charge in [-0.1, -0.05) is 44.2 Å². The summed E-state index contributed by atoms with van der Waals surface area (Å²) in [5.74, 6) is -2.61. The van der Waals surface area contributed by atoms with E-state index < -0.39 is 35.9 Å². The van der Waals surface area contributed by atoms with E-state index in [-0.39, 0.29) is 37.2 Å². The summed E-state index contributed by atoms with van der Waals surface area (Å²) in [5.41, 5.74) is 0.803. The number of carbonyl (C=O) groups excluding carboxylic acids is 4. The van der Waals surface area contributed by atoms with Crippen molar-refractivity contribution in [3.8, 4) is 0 Å². The lowest BCUT2D eigenvalue weighted by Crippen LogP contribution is -2.61. The zero-order valence-corrected chi connectivity index (χ0v) is 19.5. The summed E-state index contributed by atoms with van der Waals surface area (Å²) in [6.07, 6.45) is 1.58. The summed E-state index contributed by atoms with van der Waals surface area (Å²) in [7, 11) is 0. The lowest BCUT2D eigenvalue weighted by atomic mass is 10.0. The number of likely N-dealkylation sites (tertiary alicyclic amines) is 1. The van der Waals surface area contributed by atoms with Gasteiger partial charge in [-0.15, -0.1) is 0 Å². The van der Waals surface area contributed by atoms with Crippen LogP contribution in [-0.4, -0.2) is 82.3 Å². The van der Waals surface area contributed by atoms with Crippen LogP contribution in [0.5, 0.6) is 0 Å². The number of nitrogens with zero attached hydrogens (tertiary/aromatic N) is 2. The SMILES string of the molecule is CC(C)C[C@@H]1NC(=O)CN(CC(=O)N[C@@H](Cc2ccccc2)C(=O)N2CCC[C@H]2C(=O)O)C1=O. The van der Waals surface area contributed by atoms with Gasteiger partial charge in [0, 0.05) is 13.0 Å². The molecule has 0 spiro atoms. The minimum Gasteiger partial charge on any atom is -0.480 e. The Hall–Kier alpha value is -3.43. The maximum atomic E-state index is 13.3. The number of nitrogens with one attached hydrogen (secondary N) is 2. The van der Waals surface area contributed by atoms with Crippen molar-refractivity contribution >= 4 is 29.6 Å². The molecule has 0 saturated carbocycles. The highest BCUT2D eigenvalue weighted by atomic mass is 16.4. The van der Waals surface area contributed by atoms with Crippen LogP contribution >= 0.6 is 0 Å². The third-order valence-electron chi connectivity index (χ3n) is 6.06. The minimum absolute atomic E-state index is 0.179. The lowest BCUT2D eigenvalue weighted by Gasteiger charge is -2.33. The maximum absolute atomic E-state index is 13.3. The first-order chi connectivity index (χ1) is 16.2. The van der Waals surface area contributed by atoms with Gasteiger partial charge in [0.05, 0.1) is 0 Å². The number of hydrogen-bond donors (Lipinski definition) is 3. The number of amides is 4. The fraction of sp³-hybridized carbons (Fsp3) is 0.542. The smallest absolute Gasteiger partial charge is 0.326 e. The molecule has 0 radical (unpaired) electrons. The van der Waals surface area contributed by atoms with Gasteiger partial charge in [-0.3, -0.25) is 19.2 Å². The number of carboxylic acids is 1. The molecule has 2 heterocycles. The van der Waals surface area contributed by atoms with E-state index in [1.54, 1.807) is 0 Å². The number of hydrogen-bond acceptors (Lipinski definition) is 5. The van der Waals surface area contributed by atoms with Crippen LogP contribution in [0.4, 0.5) is 0 Å². The summed E-state index contributed by atoms with van der Waals surface area (Å²) < 4.78 is 0. The van der Waals surface area contributed by atoms with E-state index in [1.165, 1.54) is 9.80 Å². The normalized spacial score (nSPS) is 21.4. The first kappa shape index (κ1) is 25.2. The first-order valence-corrected chi connectivity index (χ1v) is 11.6. The van der Waals surface area contributed by atoms with Gasteiger partial charge < -0.3 is 25.5 Å². The molecule has 2 saturated heterocycles. The Balaban J connectivity index is 1.73. The minimum atomic E-state index is -1.07. The molecule has 3 atom stereocenters. The number of piperazine rings is 1. The topological polar surface area (TPSA) is 136 Å². The molecule has 184 valence electrons. The first-order valence-electron chi connectivity index (χ1n) is 11.6. The van der Waals surface area contributed by atoms with Crippen LogP contribution < -0.4 is 10.6 Å². The van der Waals surface area contributed by atoms with Gasteiger partial charge in [0.25, 0.3) is 0 Å². The molecule has 0 aliphatic carbocycles. The monoisotopic (exact) mass is 472 g/mol. The average molecular weight is 473 g/mol. The van der Waals surface area contributed by atoms with E-state index >= 15 is 0 Å². The predicted molar refractivity (Wildman–Crippen MR) is 122 cm³/mol. The molecule has 2 aliphatic heterocycles. The van der Waals surface area contributed by atoms with E-state index in [0.717, 1.165) is 5.56 Å². The van der Waals surface area contributed by atoms with Gasteiger partial charge in [0.1, 0.15) is 31.2 Å². The van der Waals surface area contributed by atoms with Crippen LogP contribution in [0.3, 0.4) is 0 Å². The van der Waals surface area contributed by atoms with Crippen molar-refractivity contribution in [1.82, 2.24) is 20.4 Å². The molecule has 0 aromatic heterocycles. The third kappa shape index (κ3) is 6.33. The molecule has 1 aromatic carbocycles. The molecular formula is C24H32N4O6. The molecule has 0 unspecified atom stereocenters.